The van der Waals surface area contributed by atoms with E-state index in [0.717, 1.165) is 6.42 Å². The smallest absolute Gasteiger partial charge is 0.0449 e. The third-order valence-electron chi connectivity index (χ3n) is 1.83. The van der Waals surface area contributed by atoms with Crippen LogP contribution in [0.1, 0.15) is 19.3 Å². The number of rotatable bonds is 4. The van der Waals surface area contributed by atoms with Crippen molar-refractivity contribution in [1.82, 2.24) is 10.9 Å². The van der Waals surface area contributed by atoms with E-state index in [4.69, 9.17) is 5.11 Å². The molecule has 0 aromatic rings. The molecule has 1 saturated carbocycles. The summed E-state index contributed by atoms with van der Waals surface area (Å²) in [5.74, 6) is 0. The average molecular weight is 130 g/mol. The van der Waals surface area contributed by atoms with Gasteiger partial charge in [0.1, 0.15) is 0 Å². The molecule has 0 atom stereocenters. The zero-order valence-corrected chi connectivity index (χ0v) is 5.78. The third kappa shape index (κ3) is 1.64. The summed E-state index contributed by atoms with van der Waals surface area (Å²) in [5, 5.41) is 8.60. The maximum atomic E-state index is 8.60. The molecular weight excluding hydrogens is 116 g/mol. The molecule has 3 heteroatoms. The number of aliphatic hydroxyl groups excluding tert-OH is 1. The van der Waals surface area contributed by atoms with Gasteiger partial charge in [0.05, 0.1) is 0 Å². The molecule has 0 radical (unpaired) electrons. The Hall–Kier alpha value is -0.120. The van der Waals surface area contributed by atoms with Crippen molar-refractivity contribution >= 4 is 0 Å². The lowest BCUT2D eigenvalue weighted by atomic mass is 10.2. The number of hydrogen-bond acceptors (Lipinski definition) is 3. The molecule has 1 fully saturated rings. The summed E-state index contributed by atoms with van der Waals surface area (Å²) < 4.78 is 0. The van der Waals surface area contributed by atoms with E-state index in [1.54, 1.807) is 0 Å². The molecule has 9 heavy (non-hydrogen) atoms. The molecule has 3 nitrogen and oxygen atoms in total. The summed E-state index contributed by atoms with van der Waals surface area (Å²) in [4.78, 5) is 0. The molecular formula is C6H14N2O. The summed E-state index contributed by atoms with van der Waals surface area (Å²) in [6.07, 6.45) is 3.25. The van der Waals surface area contributed by atoms with Crippen molar-refractivity contribution in [1.29, 1.82) is 0 Å². The van der Waals surface area contributed by atoms with Crippen LogP contribution in [0.2, 0.25) is 0 Å². The minimum atomic E-state index is 0.240. The Morgan fingerprint density at radius 2 is 2.22 bits per heavy atom. The van der Waals surface area contributed by atoms with Crippen LogP contribution in [0.15, 0.2) is 0 Å². The monoisotopic (exact) mass is 130 g/mol. The Labute approximate surface area is 55.4 Å². The van der Waals surface area contributed by atoms with Gasteiger partial charge in [-0.15, -0.1) is 0 Å². The van der Waals surface area contributed by atoms with Crippen molar-refractivity contribution in [2.75, 3.05) is 13.7 Å². The molecule has 0 aliphatic heterocycles. The highest BCUT2D eigenvalue weighted by Gasteiger charge is 2.41. The van der Waals surface area contributed by atoms with Gasteiger partial charge < -0.3 is 5.11 Å². The molecule has 3 N–H and O–H groups in total. The summed E-state index contributed by atoms with van der Waals surface area (Å²) in [7, 11) is 1.86. The van der Waals surface area contributed by atoms with Gasteiger partial charge in [0.15, 0.2) is 0 Å². The fourth-order valence-corrected chi connectivity index (χ4v) is 1.07. The van der Waals surface area contributed by atoms with Crippen molar-refractivity contribution in [2.45, 2.75) is 24.8 Å². The fraction of sp³-hybridized carbons (Fsp3) is 1.00. The van der Waals surface area contributed by atoms with E-state index in [2.05, 4.69) is 10.9 Å². The number of nitrogens with one attached hydrogen (secondary N) is 2. The van der Waals surface area contributed by atoms with Gasteiger partial charge in [-0.1, -0.05) is 0 Å². The van der Waals surface area contributed by atoms with E-state index in [1.807, 2.05) is 7.05 Å². The molecule has 1 aliphatic carbocycles. The molecule has 0 heterocycles. The number of aliphatic hydroxyl groups is 1. The molecule has 1 aliphatic rings. The highest BCUT2D eigenvalue weighted by Crippen LogP contribution is 2.37. The van der Waals surface area contributed by atoms with Gasteiger partial charge in [0.2, 0.25) is 0 Å². The molecule has 0 bridgehead atoms. The van der Waals surface area contributed by atoms with Crippen molar-refractivity contribution in [3.8, 4) is 0 Å². The third-order valence-corrected chi connectivity index (χ3v) is 1.83. The van der Waals surface area contributed by atoms with Crippen LogP contribution >= 0.6 is 0 Å². The van der Waals surface area contributed by atoms with Crippen LogP contribution in [0.25, 0.3) is 0 Å². The van der Waals surface area contributed by atoms with E-state index < -0.39 is 0 Å². The van der Waals surface area contributed by atoms with Crippen molar-refractivity contribution in [3.05, 3.63) is 0 Å². The summed E-state index contributed by atoms with van der Waals surface area (Å²) >= 11 is 0. The Morgan fingerprint density at radius 3 is 2.56 bits per heavy atom. The van der Waals surface area contributed by atoms with Crippen LogP contribution in [0.4, 0.5) is 0 Å². The van der Waals surface area contributed by atoms with Crippen molar-refractivity contribution in [3.63, 3.8) is 0 Å². The molecule has 0 unspecified atom stereocenters. The average Bonchev–Trinajstić information content (AvgIpc) is 2.51. The fourth-order valence-electron chi connectivity index (χ4n) is 1.07. The maximum Gasteiger partial charge on any atom is 0.0449 e. The lowest BCUT2D eigenvalue weighted by Gasteiger charge is -2.13. The second-order valence-corrected chi connectivity index (χ2v) is 2.63. The maximum absolute atomic E-state index is 8.60. The molecule has 0 aromatic heterocycles. The van der Waals surface area contributed by atoms with E-state index in [-0.39, 0.29) is 12.1 Å². The van der Waals surface area contributed by atoms with Crippen molar-refractivity contribution < 1.29 is 5.11 Å². The summed E-state index contributed by atoms with van der Waals surface area (Å²) in [6.45, 7) is 0.286. The highest BCUT2D eigenvalue weighted by molar-refractivity contribution is 5.00. The lowest BCUT2D eigenvalue weighted by molar-refractivity contribution is 0.252. The van der Waals surface area contributed by atoms with Crippen LogP contribution in [-0.2, 0) is 0 Å². The van der Waals surface area contributed by atoms with Gasteiger partial charge in [0, 0.05) is 12.1 Å². The highest BCUT2D eigenvalue weighted by atomic mass is 16.3. The lowest BCUT2D eigenvalue weighted by Crippen LogP contribution is -2.40. The first-order valence-electron chi connectivity index (χ1n) is 3.38. The van der Waals surface area contributed by atoms with Crippen molar-refractivity contribution in [2.24, 2.45) is 0 Å². The van der Waals surface area contributed by atoms with Gasteiger partial charge in [-0.3, -0.25) is 10.9 Å². The standard InChI is InChI=1S/C6H14N2O/c1-7-8-6(2-3-6)4-5-9/h7-9H,2-5H2,1H3. The molecule has 54 valence electrons. The Kier molecular flexibility index (Phi) is 2.05. The summed E-state index contributed by atoms with van der Waals surface area (Å²) in [5.41, 5.74) is 6.26. The van der Waals surface area contributed by atoms with E-state index in [0.29, 0.717) is 0 Å². The van der Waals surface area contributed by atoms with Gasteiger partial charge in [-0.05, 0) is 26.3 Å². The summed E-state index contributed by atoms with van der Waals surface area (Å²) in [6, 6.07) is 0. The zero-order chi connectivity index (χ0) is 6.74. The number of hydrogen-bond donors (Lipinski definition) is 3. The van der Waals surface area contributed by atoms with Gasteiger partial charge in [-0.2, -0.15) is 0 Å². The van der Waals surface area contributed by atoms with Crippen LogP contribution in [0.5, 0.6) is 0 Å². The first-order valence-corrected chi connectivity index (χ1v) is 3.38. The predicted octanol–water partition coefficient (Wildman–Crippen LogP) is -0.375. The molecule has 0 saturated heterocycles. The minimum absolute atomic E-state index is 0.240. The van der Waals surface area contributed by atoms with E-state index in [9.17, 15) is 0 Å². The number of hydrazine groups is 1. The Balaban J connectivity index is 2.17. The SMILES string of the molecule is CNNC1(CCO)CC1. The van der Waals surface area contributed by atoms with Crippen LogP contribution in [-0.4, -0.2) is 24.3 Å². The van der Waals surface area contributed by atoms with Gasteiger partial charge in [-0.25, -0.2) is 0 Å². The van der Waals surface area contributed by atoms with Gasteiger partial charge >= 0.3 is 0 Å². The first kappa shape index (κ1) is 6.99. The van der Waals surface area contributed by atoms with Gasteiger partial charge in [0.25, 0.3) is 0 Å². The Bertz CT molecular complexity index is 83.1. The molecule has 0 aromatic carbocycles. The van der Waals surface area contributed by atoms with E-state index >= 15 is 0 Å². The molecule has 1 rings (SSSR count). The topological polar surface area (TPSA) is 44.3 Å². The second kappa shape index (κ2) is 2.64. The van der Waals surface area contributed by atoms with Crippen LogP contribution in [0.3, 0.4) is 0 Å². The molecule has 0 amide bonds. The predicted molar refractivity (Wildman–Crippen MR) is 35.9 cm³/mol. The largest absolute Gasteiger partial charge is 0.396 e. The first-order chi connectivity index (χ1) is 4.33. The van der Waals surface area contributed by atoms with Crippen LogP contribution < -0.4 is 10.9 Å². The van der Waals surface area contributed by atoms with Crippen LogP contribution in [0, 0.1) is 0 Å². The zero-order valence-electron chi connectivity index (χ0n) is 5.78. The molecule has 0 spiro atoms. The normalized spacial score (nSPS) is 22.0. The van der Waals surface area contributed by atoms with E-state index in [1.165, 1.54) is 12.8 Å². The second-order valence-electron chi connectivity index (χ2n) is 2.63. The quantitative estimate of drug-likeness (QED) is 0.455. The Morgan fingerprint density at radius 1 is 1.56 bits per heavy atom. The minimum Gasteiger partial charge on any atom is -0.396 e.